The van der Waals surface area contributed by atoms with Crippen LogP contribution < -0.4 is 14.9 Å². The fraction of sp³-hybridized carbons (Fsp3) is 0.222. The van der Waals surface area contributed by atoms with Crippen molar-refractivity contribution in [3.05, 3.63) is 58.1 Å². The lowest BCUT2D eigenvalue weighted by atomic mass is 10.2. The maximum atomic E-state index is 12.2. The Kier molecular flexibility index (Phi) is 6.37. The number of hydrazone groups is 1. The number of rotatable bonds is 6. The van der Waals surface area contributed by atoms with E-state index in [9.17, 15) is 4.79 Å². The summed E-state index contributed by atoms with van der Waals surface area (Å²) in [5, 5.41) is 3.97. The fourth-order valence-electron chi connectivity index (χ4n) is 1.98. The molecule has 24 heavy (non-hydrogen) atoms. The molecule has 0 aliphatic carbocycles. The molecule has 126 valence electrons. The molecule has 2 aromatic rings. The topological polar surface area (TPSA) is 59.9 Å². The molecule has 0 saturated heterocycles. The fourth-order valence-corrected chi connectivity index (χ4v) is 2.39. The van der Waals surface area contributed by atoms with E-state index in [1.165, 1.54) is 7.11 Å². The third-order valence-electron chi connectivity index (χ3n) is 3.02. The molecule has 0 spiro atoms. The Morgan fingerprint density at radius 2 is 2.00 bits per heavy atom. The highest BCUT2D eigenvalue weighted by molar-refractivity contribution is 9.10. The Balaban J connectivity index is 2.06. The molecule has 0 heterocycles. The van der Waals surface area contributed by atoms with E-state index in [4.69, 9.17) is 9.47 Å². The number of amides is 1. The molecule has 1 amide bonds. The zero-order valence-corrected chi connectivity index (χ0v) is 15.3. The third kappa shape index (κ3) is 5.09. The Morgan fingerprint density at radius 1 is 1.21 bits per heavy atom. The molecule has 2 rings (SSSR count). The van der Waals surface area contributed by atoms with Crippen LogP contribution in [0.15, 0.2) is 52.0 Å². The maximum absolute atomic E-state index is 12.2. The summed E-state index contributed by atoms with van der Waals surface area (Å²) in [7, 11) is 1.54. The maximum Gasteiger partial charge on any atom is 0.271 e. The summed E-state index contributed by atoms with van der Waals surface area (Å²) >= 11 is 3.38. The number of methoxy groups -OCH3 is 1. The van der Waals surface area contributed by atoms with Gasteiger partial charge < -0.3 is 9.47 Å². The summed E-state index contributed by atoms with van der Waals surface area (Å²) in [6.07, 6.45) is 1.60. The van der Waals surface area contributed by atoms with Gasteiger partial charge >= 0.3 is 0 Å². The van der Waals surface area contributed by atoms with Gasteiger partial charge in [-0.1, -0.05) is 28.1 Å². The number of benzene rings is 2. The summed E-state index contributed by atoms with van der Waals surface area (Å²) < 4.78 is 11.9. The highest BCUT2D eigenvalue weighted by Crippen LogP contribution is 2.28. The van der Waals surface area contributed by atoms with E-state index in [1.807, 2.05) is 38.1 Å². The second-order valence-corrected chi connectivity index (χ2v) is 6.20. The quantitative estimate of drug-likeness (QED) is 0.598. The van der Waals surface area contributed by atoms with E-state index in [-0.39, 0.29) is 12.0 Å². The lowest BCUT2D eigenvalue weighted by Crippen LogP contribution is -2.18. The number of nitrogens with zero attached hydrogens (tertiary/aromatic N) is 1. The monoisotopic (exact) mass is 390 g/mol. The van der Waals surface area contributed by atoms with Gasteiger partial charge in [0.2, 0.25) is 0 Å². The van der Waals surface area contributed by atoms with Crippen LogP contribution >= 0.6 is 15.9 Å². The van der Waals surface area contributed by atoms with E-state index in [2.05, 4.69) is 26.5 Å². The van der Waals surface area contributed by atoms with E-state index < -0.39 is 0 Å². The summed E-state index contributed by atoms with van der Waals surface area (Å²) in [5.41, 5.74) is 3.81. The minimum Gasteiger partial charge on any atom is -0.493 e. The zero-order valence-electron chi connectivity index (χ0n) is 13.7. The predicted molar refractivity (Wildman–Crippen MR) is 98.0 cm³/mol. The van der Waals surface area contributed by atoms with Gasteiger partial charge in [-0.05, 0) is 49.7 Å². The van der Waals surface area contributed by atoms with Crippen LogP contribution in [-0.2, 0) is 0 Å². The van der Waals surface area contributed by atoms with E-state index in [0.29, 0.717) is 17.1 Å². The zero-order chi connectivity index (χ0) is 17.5. The van der Waals surface area contributed by atoms with Crippen LogP contribution in [0.5, 0.6) is 11.5 Å². The van der Waals surface area contributed by atoms with Crippen LogP contribution in [0.3, 0.4) is 0 Å². The second kappa shape index (κ2) is 8.49. The third-order valence-corrected chi connectivity index (χ3v) is 3.51. The number of hydrogen-bond acceptors (Lipinski definition) is 4. The SMILES string of the molecule is COc1cc(C(=O)N/N=C/c2cccc(Br)c2)ccc1OC(C)C. The first-order valence-corrected chi connectivity index (χ1v) is 8.22. The van der Waals surface area contributed by atoms with Crippen molar-refractivity contribution in [2.24, 2.45) is 5.10 Å². The van der Waals surface area contributed by atoms with Crippen molar-refractivity contribution in [3.63, 3.8) is 0 Å². The molecule has 2 aromatic carbocycles. The Labute approximate surface area is 149 Å². The number of ether oxygens (including phenoxy) is 2. The van der Waals surface area contributed by atoms with Crippen molar-refractivity contribution in [1.82, 2.24) is 5.43 Å². The molecule has 0 radical (unpaired) electrons. The molecule has 0 aliphatic heterocycles. The first kappa shape index (κ1) is 18.0. The number of nitrogens with one attached hydrogen (secondary N) is 1. The van der Waals surface area contributed by atoms with Crippen molar-refractivity contribution >= 4 is 28.1 Å². The van der Waals surface area contributed by atoms with Gasteiger partial charge in [0.1, 0.15) is 0 Å². The molecule has 0 atom stereocenters. The van der Waals surface area contributed by atoms with Crippen molar-refractivity contribution < 1.29 is 14.3 Å². The number of carbonyl (C=O) groups is 1. The minimum absolute atomic E-state index is 0.0216. The molecule has 0 saturated carbocycles. The van der Waals surface area contributed by atoms with E-state index in [1.54, 1.807) is 24.4 Å². The van der Waals surface area contributed by atoms with Gasteiger partial charge in [-0.2, -0.15) is 5.10 Å². The van der Waals surface area contributed by atoms with Crippen LogP contribution in [0.25, 0.3) is 0 Å². The summed E-state index contributed by atoms with van der Waals surface area (Å²) in [6, 6.07) is 12.6. The molecule has 0 aromatic heterocycles. The van der Waals surface area contributed by atoms with Gasteiger partial charge in [-0.3, -0.25) is 4.79 Å². The first-order chi connectivity index (χ1) is 11.5. The van der Waals surface area contributed by atoms with Crippen molar-refractivity contribution in [2.45, 2.75) is 20.0 Å². The average Bonchev–Trinajstić information content (AvgIpc) is 2.54. The van der Waals surface area contributed by atoms with Crippen molar-refractivity contribution in [1.29, 1.82) is 0 Å². The number of carbonyl (C=O) groups excluding carboxylic acids is 1. The molecule has 0 fully saturated rings. The van der Waals surface area contributed by atoms with Gasteiger partial charge in [-0.25, -0.2) is 5.43 Å². The van der Waals surface area contributed by atoms with Crippen LogP contribution in [0, 0.1) is 0 Å². The largest absolute Gasteiger partial charge is 0.493 e. The summed E-state index contributed by atoms with van der Waals surface area (Å²) in [6.45, 7) is 3.85. The Morgan fingerprint density at radius 3 is 2.67 bits per heavy atom. The Bertz CT molecular complexity index is 745. The Hall–Kier alpha value is -2.34. The highest BCUT2D eigenvalue weighted by Gasteiger charge is 2.11. The van der Waals surface area contributed by atoms with Crippen LogP contribution in [-0.4, -0.2) is 25.3 Å². The first-order valence-electron chi connectivity index (χ1n) is 7.43. The highest BCUT2D eigenvalue weighted by atomic mass is 79.9. The van der Waals surface area contributed by atoms with Gasteiger partial charge in [0, 0.05) is 10.0 Å². The second-order valence-electron chi connectivity index (χ2n) is 5.29. The normalized spacial score (nSPS) is 10.9. The smallest absolute Gasteiger partial charge is 0.271 e. The molecule has 1 N–H and O–H groups in total. The minimum atomic E-state index is -0.323. The molecule has 0 bridgehead atoms. The average molecular weight is 391 g/mol. The van der Waals surface area contributed by atoms with Crippen LogP contribution in [0.1, 0.15) is 29.8 Å². The van der Waals surface area contributed by atoms with Gasteiger partial charge in [-0.15, -0.1) is 0 Å². The number of halogens is 1. The molecule has 5 nitrogen and oxygen atoms in total. The van der Waals surface area contributed by atoms with Gasteiger partial charge in [0.05, 0.1) is 19.4 Å². The van der Waals surface area contributed by atoms with Crippen LogP contribution in [0.4, 0.5) is 0 Å². The van der Waals surface area contributed by atoms with Crippen molar-refractivity contribution in [2.75, 3.05) is 7.11 Å². The summed E-state index contributed by atoms with van der Waals surface area (Å²) in [5.74, 6) is 0.782. The number of hydrogen-bond donors (Lipinski definition) is 1. The van der Waals surface area contributed by atoms with Crippen molar-refractivity contribution in [3.8, 4) is 11.5 Å². The van der Waals surface area contributed by atoms with E-state index >= 15 is 0 Å². The molecule has 0 unspecified atom stereocenters. The molecule has 6 heteroatoms. The van der Waals surface area contributed by atoms with Gasteiger partial charge in [0.25, 0.3) is 5.91 Å². The van der Waals surface area contributed by atoms with Crippen LogP contribution in [0.2, 0.25) is 0 Å². The lowest BCUT2D eigenvalue weighted by Gasteiger charge is -2.14. The summed E-state index contributed by atoms with van der Waals surface area (Å²) in [4.78, 5) is 12.2. The molecule has 0 aliphatic rings. The van der Waals surface area contributed by atoms with E-state index in [0.717, 1.165) is 10.0 Å². The molecular formula is C18H19BrN2O3. The standard InChI is InChI=1S/C18H19BrN2O3/c1-12(2)24-16-8-7-14(10-17(16)23-3)18(22)21-20-11-13-5-4-6-15(19)9-13/h4-12H,1-3H3,(H,21,22)/b20-11+. The van der Waals surface area contributed by atoms with Gasteiger partial charge in [0.15, 0.2) is 11.5 Å². The molecular weight excluding hydrogens is 372 g/mol. The predicted octanol–water partition coefficient (Wildman–Crippen LogP) is 4.01. The lowest BCUT2D eigenvalue weighted by molar-refractivity contribution is 0.0954.